The van der Waals surface area contributed by atoms with Gasteiger partial charge in [0.05, 0.1) is 5.02 Å². The highest BCUT2D eigenvalue weighted by Gasteiger charge is 2.27. The van der Waals surface area contributed by atoms with Crippen LogP contribution in [0.1, 0.15) is 17.4 Å². The minimum atomic E-state index is -0.0837. The Hall–Kier alpha value is -1.07. The molecular formula is C10H15ClN4O. The van der Waals surface area contributed by atoms with Crippen LogP contribution in [0.2, 0.25) is 5.02 Å². The van der Waals surface area contributed by atoms with Gasteiger partial charge in [-0.25, -0.2) is 0 Å². The molecule has 1 aromatic heterocycles. The lowest BCUT2D eigenvalue weighted by Crippen LogP contribution is -2.52. The number of aryl methyl sites for hydroxylation is 1. The molecule has 0 radical (unpaired) electrons. The lowest BCUT2D eigenvalue weighted by atomic mass is 10.2. The van der Waals surface area contributed by atoms with Gasteiger partial charge in [0.2, 0.25) is 0 Å². The lowest BCUT2D eigenvalue weighted by molar-refractivity contribution is 0.0649. The maximum atomic E-state index is 12.2. The predicted octanol–water partition coefficient (Wildman–Crippen LogP) is 0.507. The fraction of sp³-hybridized carbons (Fsp3) is 0.600. The zero-order valence-corrected chi connectivity index (χ0v) is 10.2. The summed E-state index contributed by atoms with van der Waals surface area (Å²) in [6.07, 6.45) is 1.64. The standard InChI is InChI=1S/C10H15ClN4O/c1-7-5-12-3-4-15(7)10(16)9-8(11)6-14(2)13-9/h6-7,12H,3-5H2,1-2H3/t7-/m0/s1. The molecule has 0 aliphatic carbocycles. The van der Waals surface area contributed by atoms with Crippen molar-refractivity contribution >= 4 is 17.5 Å². The number of carbonyl (C=O) groups is 1. The molecule has 1 amide bonds. The molecule has 2 rings (SSSR count). The van der Waals surface area contributed by atoms with Crippen LogP contribution in [0, 0.1) is 0 Å². The summed E-state index contributed by atoms with van der Waals surface area (Å²) in [7, 11) is 1.75. The Labute approximate surface area is 99.4 Å². The van der Waals surface area contributed by atoms with Gasteiger partial charge in [0, 0.05) is 38.9 Å². The third-order valence-electron chi connectivity index (χ3n) is 2.75. The van der Waals surface area contributed by atoms with E-state index in [0.717, 1.165) is 13.1 Å². The van der Waals surface area contributed by atoms with Crippen molar-refractivity contribution in [3.05, 3.63) is 16.9 Å². The Morgan fingerprint density at radius 2 is 2.44 bits per heavy atom. The second-order valence-electron chi connectivity index (χ2n) is 4.05. The van der Waals surface area contributed by atoms with Gasteiger partial charge in [0.25, 0.3) is 5.91 Å². The average Bonchev–Trinajstić information content (AvgIpc) is 2.58. The normalized spacial score (nSPS) is 21.2. The van der Waals surface area contributed by atoms with E-state index in [1.807, 2.05) is 11.8 Å². The van der Waals surface area contributed by atoms with Crippen molar-refractivity contribution < 1.29 is 4.79 Å². The zero-order chi connectivity index (χ0) is 11.7. The van der Waals surface area contributed by atoms with Crippen molar-refractivity contribution in [1.82, 2.24) is 20.0 Å². The van der Waals surface area contributed by atoms with Crippen molar-refractivity contribution in [2.24, 2.45) is 7.05 Å². The third kappa shape index (κ3) is 2.05. The van der Waals surface area contributed by atoms with Crippen molar-refractivity contribution in [2.45, 2.75) is 13.0 Å². The summed E-state index contributed by atoms with van der Waals surface area (Å²) in [6.45, 7) is 4.35. The first-order chi connectivity index (χ1) is 7.59. The van der Waals surface area contributed by atoms with Crippen LogP contribution < -0.4 is 5.32 Å². The van der Waals surface area contributed by atoms with Crippen LogP contribution in [0.3, 0.4) is 0 Å². The summed E-state index contributed by atoms with van der Waals surface area (Å²) >= 11 is 5.96. The molecule has 1 atom stereocenters. The molecule has 0 bridgehead atoms. The summed E-state index contributed by atoms with van der Waals surface area (Å²) in [5.41, 5.74) is 0.345. The summed E-state index contributed by atoms with van der Waals surface area (Å²) in [5.74, 6) is -0.0837. The van der Waals surface area contributed by atoms with Crippen molar-refractivity contribution in [3.8, 4) is 0 Å². The number of piperazine rings is 1. The largest absolute Gasteiger partial charge is 0.332 e. The SMILES string of the molecule is C[C@H]1CNCCN1C(=O)c1nn(C)cc1Cl. The van der Waals surface area contributed by atoms with E-state index in [0.29, 0.717) is 17.3 Å². The molecular weight excluding hydrogens is 228 g/mol. The molecule has 2 heterocycles. The zero-order valence-electron chi connectivity index (χ0n) is 9.40. The molecule has 0 aromatic carbocycles. The molecule has 0 unspecified atom stereocenters. The van der Waals surface area contributed by atoms with E-state index in [-0.39, 0.29) is 11.9 Å². The van der Waals surface area contributed by atoms with Crippen molar-refractivity contribution in [3.63, 3.8) is 0 Å². The molecule has 6 heteroatoms. The van der Waals surface area contributed by atoms with Crippen LogP contribution in [-0.2, 0) is 7.05 Å². The molecule has 16 heavy (non-hydrogen) atoms. The van der Waals surface area contributed by atoms with E-state index in [1.165, 1.54) is 0 Å². The van der Waals surface area contributed by atoms with Crippen LogP contribution in [0.25, 0.3) is 0 Å². The highest BCUT2D eigenvalue weighted by molar-refractivity contribution is 6.33. The minimum absolute atomic E-state index is 0.0837. The molecule has 0 spiro atoms. The van der Waals surface area contributed by atoms with Gasteiger partial charge >= 0.3 is 0 Å². The summed E-state index contributed by atoms with van der Waals surface area (Å²) < 4.78 is 1.56. The van der Waals surface area contributed by atoms with E-state index >= 15 is 0 Å². The molecule has 1 N–H and O–H groups in total. The number of nitrogens with zero attached hydrogens (tertiary/aromatic N) is 3. The van der Waals surface area contributed by atoms with E-state index < -0.39 is 0 Å². The smallest absolute Gasteiger partial charge is 0.276 e. The van der Waals surface area contributed by atoms with Crippen molar-refractivity contribution in [2.75, 3.05) is 19.6 Å². The number of carbonyl (C=O) groups excluding carboxylic acids is 1. The van der Waals surface area contributed by atoms with Gasteiger partial charge in [-0.1, -0.05) is 11.6 Å². The highest BCUT2D eigenvalue weighted by Crippen LogP contribution is 2.17. The van der Waals surface area contributed by atoms with Gasteiger partial charge in [-0.05, 0) is 6.92 Å². The van der Waals surface area contributed by atoms with Gasteiger partial charge in [-0.3, -0.25) is 9.48 Å². The van der Waals surface area contributed by atoms with E-state index in [1.54, 1.807) is 17.9 Å². The number of hydrogen-bond acceptors (Lipinski definition) is 3. The lowest BCUT2D eigenvalue weighted by Gasteiger charge is -2.33. The molecule has 1 fully saturated rings. The highest BCUT2D eigenvalue weighted by atomic mass is 35.5. The Morgan fingerprint density at radius 3 is 3.00 bits per heavy atom. The molecule has 1 aliphatic rings. The maximum Gasteiger partial charge on any atom is 0.276 e. The predicted molar refractivity (Wildman–Crippen MR) is 61.6 cm³/mol. The van der Waals surface area contributed by atoms with Gasteiger partial charge in [-0.15, -0.1) is 0 Å². The Balaban J connectivity index is 2.21. The molecule has 1 aliphatic heterocycles. The number of aromatic nitrogens is 2. The second-order valence-corrected chi connectivity index (χ2v) is 4.46. The number of nitrogens with one attached hydrogen (secondary N) is 1. The first kappa shape index (κ1) is 11.4. The number of halogens is 1. The van der Waals surface area contributed by atoms with E-state index in [4.69, 9.17) is 11.6 Å². The van der Waals surface area contributed by atoms with Crippen LogP contribution in [0.4, 0.5) is 0 Å². The van der Waals surface area contributed by atoms with E-state index in [9.17, 15) is 4.79 Å². The van der Waals surface area contributed by atoms with Gasteiger partial charge in [0.15, 0.2) is 5.69 Å². The van der Waals surface area contributed by atoms with Gasteiger partial charge in [0.1, 0.15) is 0 Å². The van der Waals surface area contributed by atoms with Gasteiger partial charge in [-0.2, -0.15) is 5.10 Å². The second kappa shape index (κ2) is 4.43. The molecule has 1 saturated heterocycles. The minimum Gasteiger partial charge on any atom is -0.332 e. The third-order valence-corrected chi connectivity index (χ3v) is 3.03. The fourth-order valence-corrected chi connectivity index (χ4v) is 2.14. The maximum absolute atomic E-state index is 12.2. The molecule has 1 aromatic rings. The molecule has 88 valence electrons. The van der Waals surface area contributed by atoms with Crippen molar-refractivity contribution in [1.29, 1.82) is 0 Å². The summed E-state index contributed by atoms with van der Waals surface area (Å²) in [4.78, 5) is 14.0. The first-order valence-electron chi connectivity index (χ1n) is 5.30. The Kier molecular flexibility index (Phi) is 3.16. The topological polar surface area (TPSA) is 50.2 Å². The van der Waals surface area contributed by atoms with Crippen LogP contribution in [-0.4, -0.2) is 46.3 Å². The van der Waals surface area contributed by atoms with Crippen LogP contribution >= 0.6 is 11.6 Å². The van der Waals surface area contributed by atoms with Gasteiger partial charge < -0.3 is 10.2 Å². The fourth-order valence-electron chi connectivity index (χ4n) is 1.88. The number of hydrogen-bond donors (Lipinski definition) is 1. The van der Waals surface area contributed by atoms with E-state index in [2.05, 4.69) is 10.4 Å². The quantitative estimate of drug-likeness (QED) is 0.781. The number of rotatable bonds is 1. The summed E-state index contributed by atoms with van der Waals surface area (Å²) in [5, 5.41) is 7.75. The van der Waals surface area contributed by atoms with Crippen LogP contribution in [0.5, 0.6) is 0 Å². The Morgan fingerprint density at radius 1 is 1.69 bits per heavy atom. The monoisotopic (exact) mass is 242 g/mol. The molecule has 0 saturated carbocycles. The summed E-state index contributed by atoms with van der Waals surface area (Å²) in [6, 6.07) is 0.180. The average molecular weight is 243 g/mol. The molecule has 5 nitrogen and oxygen atoms in total. The first-order valence-corrected chi connectivity index (χ1v) is 5.68. The Bertz CT molecular complexity index is 404. The number of amides is 1. The van der Waals surface area contributed by atoms with Crippen LogP contribution in [0.15, 0.2) is 6.20 Å².